The van der Waals surface area contributed by atoms with Crippen LogP contribution in [-0.4, -0.2) is 40.3 Å². The molecule has 3 aromatic rings. The number of nitrogens with zero attached hydrogens (tertiary/aromatic N) is 4. The van der Waals surface area contributed by atoms with Gasteiger partial charge >= 0.3 is 0 Å². The monoisotopic (exact) mass is 403 g/mol. The van der Waals surface area contributed by atoms with Crippen molar-refractivity contribution in [2.24, 2.45) is 0 Å². The highest BCUT2D eigenvalue weighted by molar-refractivity contribution is 9.10. The minimum absolute atomic E-state index is 0.278. The summed E-state index contributed by atoms with van der Waals surface area (Å²) in [5.41, 5.74) is 1.85. The van der Waals surface area contributed by atoms with E-state index in [1.165, 1.54) is 25.2 Å². The van der Waals surface area contributed by atoms with Crippen LogP contribution in [0.25, 0.3) is 5.69 Å². The summed E-state index contributed by atoms with van der Waals surface area (Å²) in [6.45, 7) is 0. The summed E-state index contributed by atoms with van der Waals surface area (Å²) >= 11 is 3.38. The number of aromatic nitrogens is 4. The highest BCUT2D eigenvalue weighted by Gasteiger charge is 2.15. The molecule has 1 N–H and O–H groups in total. The lowest BCUT2D eigenvalue weighted by Crippen LogP contribution is -2.12. The van der Waals surface area contributed by atoms with E-state index in [2.05, 4.69) is 36.8 Å². The van der Waals surface area contributed by atoms with Gasteiger partial charge in [-0.15, -0.1) is 5.10 Å². The summed E-state index contributed by atoms with van der Waals surface area (Å²) in [5, 5.41) is 13.8. The highest BCUT2D eigenvalue weighted by Crippen LogP contribution is 2.35. The Morgan fingerprint density at radius 2 is 1.76 bits per heavy atom. The lowest BCUT2D eigenvalue weighted by molar-refractivity contribution is 0.102. The molecule has 9 heteroatoms. The normalized spacial score (nSPS) is 10.4. The highest BCUT2D eigenvalue weighted by atomic mass is 79.9. The molecule has 0 radical (unpaired) electrons. The predicted octanol–water partition coefficient (Wildman–Crippen LogP) is 2.69. The summed E-state index contributed by atoms with van der Waals surface area (Å²) in [6.07, 6.45) is 1.49. The number of halogens is 1. The van der Waals surface area contributed by atoms with E-state index >= 15 is 0 Å². The van der Waals surface area contributed by atoms with Crippen LogP contribution in [0.15, 0.2) is 47.2 Å². The van der Waals surface area contributed by atoms with E-state index in [-0.39, 0.29) is 5.91 Å². The van der Waals surface area contributed by atoms with E-state index in [9.17, 15) is 4.79 Å². The van der Waals surface area contributed by atoms with Crippen molar-refractivity contribution in [2.45, 2.75) is 0 Å². The molecule has 0 saturated carbocycles. The van der Waals surface area contributed by atoms with Crippen molar-refractivity contribution >= 4 is 27.5 Å². The van der Waals surface area contributed by atoms with Crippen LogP contribution in [0.1, 0.15) is 10.4 Å². The van der Waals surface area contributed by atoms with Gasteiger partial charge < -0.3 is 14.8 Å². The number of nitrogens with one attached hydrogen (secondary N) is 1. The van der Waals surface area contributed by atoms with Crippen molar-refractivity contribution in [2.75, 3.05) is 19.5 Å². The number of hydrogen-bond donors (Lipinski definition) is 1. The number of carbonyl (C=O) groups excluding carboxylic acids is 1. The molecule has 1 heterocycles. The van der Waals surface area contributed by atoms with Gasteiger partial charge in [0.2, 0.25) is 0 Å². The number of carbonyl (C=O) groups is 1. The minimum Gasteiger partial charge on any atom is -0.495 e. The maximum Gasteiger partial charge on any atom is 0.255 e. The molecular weight excluding hydrogens is 390 g/mol. The minimum atomic E-state index is -0.278. The lowest BCUT2D eigenvalue weighted by atomic mass is 10.1. The van der Waals surface area contributed by atoms with Crippen molar-refractivity contribution in [3.63, 3.8) is 0 Å². The van der Waals surface area contributed by atoms with E-state index in [1.54, 1.807) is 36.4 Å². The van der Waals surface area contributed by atoms with Crippen LogP contribution >= 0.6 is 15.9 Å². The second kappa shape index (κ2) is 7.31. The molecule has 0 saturated heterocycles. The third-order valence-electron chi connectivity index (χ3n) is 3.45. The van der Waals surface area contributed by atoms with Crippen LogP contribution in [0, 0.1) is 0 Å². The molecule has 25 heavy (non-hydrogen) atoms. The Kier molecular flexibility index (Phi) is 4.94. The Bertz CT molecular complexity index is 856. The second-order valence-electron chi connectivity index (χ2n) is 4.95. The molecule has 1 amide bonds. The second-order valence-corrected chi connectivity index (χ2v) is 5.74. The first kappa shape index (κ1) is 16.9. The first-order valence-corrected chi connectivity index (χ1v) is 7.98. The van der Waals surface area contributed by atoms with Crippen LogP contribution in [-0.2, 0) is 0 Å². The zero-order chi connectivity index (χ0) is 17.8. The summed E-state index contributed by atoms with van der Waals surface area (Å²) < 4.78 is 12.7. The van der Waals surface area contributed by atoms with Crippen molar-refractivity contribution in [3.8, 4) is 17.2 Å². The average Bonchev–Trinajstić information content (AvgIpc) is 3.17. The lowest BCUT2D eigenvalue weighted by Gasteiger charge is -2.12. The largest absolute Gasteiger partial charge is 0.495 e. The van der Waals surface area contributed by atoms with E-state index in [0.29, 0.717) is 27.2 Å². The standard InChI is InChI=1S/C16H14BrN5O3/c1-24-13-7-10(8-14(25-2)15(13)17)16(23)19-11-3-5-12(6-4-11)22-9-18-20-21-22/h3-9H,1-2H3,(H,19,23). The van der Waals surface area contributed by atoms with Gasteiger partial charge in [-0.2, -0.15) is 0 Å². The fourth-order valence-electron chi connectivity index (χ4n) is 2.18. The molecule has 0 atom stereocenters. The zero-order valence-electron chi connectivity index (χ0n) is 13.4. The summed E-state index contributed by atoms with van der Waals surface area (Å²) in [6, 6.07) is 10.4. The quantitative estimate of drug-likeness (QED) is 0.703. The summed E-state index contributed by atoms with van der Waals surface area (Å²) in [7, 11) is 3.05. The van der Waals surface area contributed by atoms with Gasteiger partial charge in [0, 0.05) is 11.3 Å². The molecule has 0 bridgehead atoms. The first-order valence-electron chi connectivity index (χ1n) is 7.18. The van der Waals surface area contributed by atoms with Gasteiger partial charge in [0.25, 0.3) is 5.91 Å². The molecule has 0 aliphatic carbocycles. The molecular formula is C16H14BrN5O3. The molecule has 1 aromatic heterocycles. The molecule has 0 aliphatic rings. The summed E-state index contributed by atoms with van der Waals surface area (Å²) in [5.74, 6) is 0.747. The van der Waals surface area contributed by atoms with Crippen LogP contribution in [0.5, 0.6) is 11.5 Å². The van der Waals surface area contributed by atoms with Crippen LogP contribution in [0.2, 0.25) is 0 Å². The topological polar surface area (TPSA) is 91.2 Å². The molecule has 0 unspecified atom stereocenters. The molecule has 0 spiro atoms. The summed E-state index contributed by atoms with van der Waals surface area (Å²) in [4.78, 5) is 12.5. The Labute approximate surface area is 151 Å². The number of benzene rings is 2. The van der Waals surface area contributed by atoms with Gasteiger partial charge in [-0.25, -0.2) is 4.68 Å². The number of methoxy groups -OCH3 is 2. The number of hydrogen-bond acceptors (Lipinski definition) is 6. The molecule has 2 aromatic carbocycles. The van der Waals surface area contributed by atoms with Gasteiger partial charge in [-0.3, -0.25) is 4.79 Å². The molecule has 0 fully saturated rings. The van der Waals surface area contributed by atoms with Crippen LogP contribution in [0.4, 0.5) is 5.69 Å². The van der Waals surface area contributed by atoms with Gasteiger partial charge in [-0.05, 0) is 62.8 Å². The number of amides is 1. The van der Waals surface area contributed by atoms with Crippen molar-refractivity contribution < 1.29 is 14.3 Å². The Hall–Kier alpha value is -2.94. The molecule has 8 nitrogen and oxygen atoms in total. The van der Waals surface area contributed by atoms with Crippen molar-refractivity contribution in [3.05, 3.63) is 52.8 Å². The molecule has 3 rings (SSSR count). The maximum absolute atomic E-state index is 12.5. The van der Waals surface area contributed by atoms with E-state index < -0.39 is 0 Å². The Balaban J connectivity index is 1.80. The molecule has 128 valence electrons. The fourth-order valence-corrected chi connectivity index (χ4v) is 2.73. The molecule has 0 aliphatic heterocycles. The van der Waals surface area contributed by atoms with Gasteiger partial charge in [0.05, 0.1) is 19.9 Å². The number of tetrazole rings is 1. The van der Waals surface area contributed by atoms with Gasteiger partial charge in [0.1, 0.15) is 22.3 Å². The van der Waals surface area contributed by atoms with Crippen LogP contribution in [0.3, 0.4) is 0 Å². The van der Waals surface area contributed by atoms with Gasteiger partial charge in [0.15, 0.2) is 0 Å². The maximum atomic E-state index is 12.5. The Morgan fingerprint density at radius 3 is 2.28 bits per heavy atom. The third kappa shape index (κ3) is 3.61. The van der Waals surface area contributed by atoms with E-state index in [4.69, 9.17) is 9.47 Å². The van der Waals surface area contributed by atoms with Crippen molar-refractivity contribution in [1.29, 1.82) is 0 Å². The van der Waals surface area contributed by atoms with Gasteiger partial charge in [-0.1, -0.05) is 0 Å². The SMILES string of the molecule is COc1cc(C(=O)Nc2ccc(-n3cnnn3)cc2)cc(OC)c1Br. The fraction of sp³-hybridized carbons (Fsp3) is 0.125. The average molecular weight is 404 g/mol. The third-order valence-corrected chi connectivity index (χ3v) is 4.23. The first-order chi connectivity index (χ1) is 12.1. The van der Waals surface area contributed by atoms with Crippen molar-refractivity contribution in [1.82, 2.24) is 20.2 Å². The number of ether oxygens (including phenoxy) is 2. The Morgan fingerprint density at radius 1 is 1.12 bits per heavy atom. The number of anilines is 1. The number of rotatable bonds is 5. The van der Waals surface area contributed by atoms with E-state index in [1.807, 2.05) is 0 Å². The van der Waals surface area contributed by atoms with Crippen LogP contribution < -0.4 is 14.8 Å². The smallest absolute Gasteiger partial charge is 0.255 e. The zero-order valence-corrected chi connectivity index (χ0v) is 15.0. The predicted molar refractivity (Wildman–Crippen MR) is 94.4 cm³/mol. The van der Waals surface area contributed by atoms with E-state index in [0.717, 1.165) is 5.69 Å².